The van der Waals surface area contributed by atoms with Crippen LogP contribution in [0.4, 0.5) is 5.82 Å². The lowest BCUT2D eigenvalue weighted by Gasteiger charge is -2.16. The monoisotopic (exact) mass is 489 g/mol. The highest BCUT2D eigenvalue weighted by Crippen LogP contribution is 2.38. The molecule has 1 saturated carbocycles. The van der Waals surface area contributed by atoms with Gasteiger partial charge in [0, 0.05) is 31.5 Å². The highest BCUT2D eigenvalue weighted by molar-refractivity contribution is 7.89. The molecule has 2 aromatic rings. The van der Waals surface area contributed by atoms with Crippen molar-refractivity contribution in [3.8, 4) is 0 Å². The number of aliphatic hydroxyl groups is 1. The fraction of sp³-hybridized carbons (Fsp3) is 0.455. The predicted molar refractivity (Wildman–Crippen MR) is 123 cm³/mol. The Labute approximate surface area is 197 Å². The van der Waals surface area contributed by atoms with Crippen molar-refractivity contribution in [2.24, 2.45) is 5.16 Å². The third-order valence-electron chi connectivity index (χ3n) is 5.56. The molecule has 0 unspecified atom stereocenters. The summed E-state index contributed by atoms with van der Waals surface area (Å²) in [5.41, 5.74) is 1.23. The number of aromatic nitrogens is 2. The van der Waals surface area contributed by atoms with Crippen LogP contribution in [0.2, 0.25) is 0 Å². The van der Waals surface area contributed by atoms with Crippen LogP contribution in [0.3, 0.4) is 0 Å². The van der Waals surface area contributed by atoms with E-state index in [1.807, 2.05) is 0 Å². The van der Waals surface area contributed by atoms with E-state index >= 15 is 0 Å². The molecule has 2 N–H and O–H groups in total. The number of ether oxygens (including phenoxy) is 1. The number of amides is 1. The van der Waals surface area contributed by atoms with E-state index in [0.717, 1.165) is 22.8 Å². The maximum atomic E-state index is 13.0. The molecule has 12 heteroatoms. The molecule has 1 amide bonds. The minimum absolute atomic E-state index is 0.0265. The lowest BCUT2D eigenvalue weighted by atomic mass is 10.1. The molecule has 1 saturated heterocycles. The van der Waals surface area contributed by atoms with Crippen molar-refractivity contribution in [1.82, 2.24) is 14.3 Å². The molecule has 4 rings (SSSR count). The number of carbonyl (C=O) groups is 1. The largest absolute Gasteiger partial charge is 0.395 e. The Morgan fingerprint density at radius 3 is 2.59 bits per heavy atom. The van der Waals surface area contributed by atoms with Crippen LogP contribution in [0, 0.1) is 0 Å². The number of anilines is 1. The van der Waals surface area contributed by atoms with Crippen LogP contribution >= 0.6 is 0 Å². The molecular formula is C22H27N5O6S. The average molecular weight is 490 g/mol. The Balaban J connectivity index is 1.55. The van der Waals surface area contributed by atoms with Gasteiger partial charge in [0.25, 0.3) is 5.91 Å². The van der Waals surface area contributed by atoms with Crippen molar-refractivity contribution in [3.05, 3.63) is 47.9 Å². The normalized spacial score (nSPS) is 18.8. The van der Waals surface area contributed by atoms with Crippen LogP contribution in [-0.4, -0.2) is 78.9 Å². The number of nitrogens with one attached hydrogen (secondary N) is 1. The zero-order valence-corrected chi connectivity index (χ0v) is 19.6. The van der Waals surface area contributed by atoms with Crippen LogP contribution in [0.1, 0.15) is 36.4 Å². The standard InChI is InChI=1S/C22H27N5O6S/c1-27(9-10-28)34(30,31)18-6-4-16(5-7-18)21(26-33-17-8-11-32-14-17)22(29)25-20-13-23-19(12-24-20)15-2-3-15/h4-7,12-13,15,17,28H,2-3,8-11,14H2,1H3,(H,24,25,29)/t17-/m1/s1. The van der Waals surface area contributed by atoms with Gasteiger partial charge in [0.2, 0.25) is 10.0 Å². The van der Waals surface area contributed by atoms with E-state index in [-0.39, 0.29) is 35.7 Å². The second-order valence-corrected chi connectivity index (χ2v) is 10.2. The van der Waals surface area contributed by atoms with Crippen LogP contribution in [0.25, 0.3) is 0 Å². The molecule has 1 aliphatic heterocycles. The lowest BCUT2D eigenvalue weighted by molar-refractivity contribution is -0.110. The summed E-state index contributed by atoms with van der Waals surface area (Å²) in [5, 5.41) is 15.8. The fourth-order valence-corrected chi connectivity index (χ4v) is 4.50. The Kier molecular flexibility index (Phi) is 7.51. The van der Waals surface area contributed by atoms with Gasteiger partial charge < -0.3 is 20.0 Å². The Bertz CT molecular complexity index is 1130. The number of likely N-dealkylation sites (N-methyl/N-ethyl adjacent to an activating group) is 1. The number of oxime groups is 1. The third kappa shape index (κ3) is 5.76. The maximum absolute atomic E-state index is 13.0. The van der Waals surface area contributed by atoms with Crippen molar-refractivity contribution in [1.29, 1.82) is 0 Å². The molecule has 0 radical (unpaired) electrons. The van der Waals surface area contributed by atoms with Gasteiger partial charge in [-0.05, 0) is 25.0 Å². The summed E-state index contributed by atoms with van der Waals surface area (Å²) in [6.45, 7) is 0.605. The number of aliphatic hydroxyl groups excluding tert-OH is 1. The summed E-state index contributed by atoms with van der Waals surface area (Å²) in [6, 6.07) is 5.72. The lowest BCUT2D eigenvalue weighted by Crippen LogP contribution is -2.30. The van der Waals surface area contributed by atoms with Crippen LogP contribution in [0.5, 0.6) is 0 Å². The quantitative estimate of drug-likeness (QED) is 0.373. The highest BCUT2D eigenvalue weighted by Gasteiger charge is 2.26. The number of sulfonamides is 1. The van der Waals surface area contributed by atoms with Gasteiger partial charge in [0.15, 0.2) is 17.6 Å². The Morgan fingerprint density at radius 2 is 2.00 bits per heavy atom. The van der Waals surface area contributed by atoms with Gasteiger partial charge in [0.1, 0.15) is 0 Å². The number of nitrogens with zero attached hydrogens (tertiary/aromatic N) is 4. The van der Waals surface area contributed by atoms with E-state index in [1.54, 1.807) is 6.20 Å². The molecule has 0 spiro atoms. The van der Waals surface area contributed by atoms with Gasteiger partial charge in [-0.15, -0.1) is 0 Å². The molecule has 11 nitrogen and oxygen atoms in total. The number of hydrogen-bond acceptors (Lipinski definition) is 9. The number of hydrogen-bond donors (Lipinski definition) is 2. The molecule has 34 heavy (non-hydrogen) atoms. The van der Waals surface area contributed by atoms with Gasteiger partial charge in [-0.2, -0.15) is 4.31 Å². The summed E-state index contributed by atoms with van der Waals surface area (Å²) in [7, 11) is -2.40. The van der Waals surface area contributed by atoms with Gasteiger partial charge in [-0.3, -0.25) is 9.78 Å². The van der Waals surface area contributed by atoms with Gasteiger partial charge in [0.05, 0.1) is 42.8 Å². The molecule has 2 aliphatic rings. The van der Waals surface area contributed by atoms with Gasteiger partial charge >= 0.3 is 0 Å². The van der Waals surface area contributed by atoms with Gasteiger partial charge in [-0.1, -0.05) is 17.3 Å². The molecule has 1 aromatic heterocycles. The van der Waals surface area contributed by atoms with Crippen molar-refractivity contribution in [2.45, 2.75) is 36.2 Å². The molecule has 2 heterocycles. The zero-order chi connectivity index (χ0) is 24.1. The maximum Gasteiger partial charge on any atom is 0.279 e. The minimum atomic E-state index is -3.78. The second-order valence-electron chi connectivity index (χ2n) is 8.16. The molecule has 1 atom stereocenters. The Hall–Kier alpha value is -2.93. The molecule has 182 valence electrons. The molecule has 0 bridgehead atoms. The van der Waals surface area contributed by atoms with E-state index in [0.29, 0.717) is 31.1 Å². The summed E-state index contributed by atoms with van der Waals surface area (Å²) in [5.74, 6) is 0.152. The van der Waals surface area contributed by atoms with E-state index in [4.69, 9.17) is 14.7 Å². The molecule has 1 aliphatic carbocycles. The third-order valence-corrected chi connectivity index (χ3v) is 7.43. The topological polar surface area (TPSA) is 143 Å². The second kappa shape index (κ2) is 10.6. The van der Waals surface area contributed by atoms with E-state index in [1.165, 1.54) is 37.5 Å². The number of rotatable bonds is 10. The average Bonchev–Trinajstić information content (AvgIpc) is 3.55. The van der Waals surface area contributed by atoms with Crippen molar-refractivity contribution < 1.29 is 27.9 Å². The zero-order valence-electron chi connectivity index (χ0n) is 18.8. The summed E-state index contributed by atoms with van der Waals surface area (Å²) in [4.78, 5) is 27.2. The summed E-state index contributed by atoms with van der Waals surface area (Å²) >= 11 is 0. The fourth-order valence-electron chi connectivity index (χ4n) is 3.34. The number of carbonyl (C=O) groups excluding carboxylic acids is 1. The first kappa shape index (κ1) is 24.2. The molecule has 2 fully saturated rings. The van der Waals surface area contributed by atoms with Crippen LogP contribution in [-0.2, 0) is 24.4 Å². The van der Waals surface area contributed by atoms with Crippen LogP contribution in [0.15, 0.2) is 46.7 Å². The number of benzene rings is 1. The molecule has 1 aromatic carbocycles. The molecular weight excluding hydrogens is 462 g/mol. The first-order chi connectivity index (χ1) is 16.4. The van der Waals surface area contributed by atoms with E-state index in [2.05, 4.69) is 20.4 Å². The van der Waals surface area contributed by atoms with Crippen LogP contribution < -0.4 is 5.32 Å². The van der Waals surface area contributed by atoms with Crippen molar-refractivity contribution in [2.75, 3.05) is 38.7 Å². The van der Waals surface area contributed by atoms with Gasteiger partial charge in [-0.25, -0.2) is 13.4 Å². The van der Waals surface area contributed by atoms with Crippen molar-refractivity contribution >= 4 is 27.5 Å². The smallest absolute Gasteiger partial charge is 0.279 e. The van der Waals surface area contributed by atoms with E-state index < -0.39 is 15.9 Å². The summed E-state index contributed by atoms with van der Waals surface area (Å²) in [6.07, 6.45) is 5.73. The SMILES string of the molecule is CN(CCO)S(=O)(=O)c1ccc(C(=NO[C@@H]2CCOC2)C(=O)Nc2cnc(C3CC3)cn2)cc1. The van der Waals surface area contributed by atoms with Crippen molar-refractivity contribution in [3.63, 3.8) is 0 Å². The first-order valence-electron chi connectivity index (χ1n) is 11.0. The highest BCUT2D eigenvalue weighted by atomic mass is 32.2. The van der Waals surface area contributed by atoms with E-state index in [9.17, 15) is 13.2 Å². The Morgan fingerprint density at radius 1 is 1.24 bits per heavy atom. The predicted octanol–water partition coefficient (Wildman–Crippen LogP) is 1.12. The summed E-state index contributed by atoms with van der Waals surface area (Å²) < 4.78 is 31.6. The minimum Gasteiger partial charge on any atom is -0.395 e. The first-order valence-corrected chi connectivity index (χ1v) is 12.4.